The van der Waals surface area contributed by atoms with Gasteiger partial charge in [-0.15, -0.1) is 0 Å². The molecule has 1 unspecified atom stereocenters. The second-order valence-electron chi connectivity index (χ2n) is 11.0. The topological polar surface area (TPSA) is 107 Å². The summed E-state index contributed by atoms with van der Waals surface area (Å²) in [5.41, 5.74) is 0. The lowest BCUT2D eigenvalue weighted by Crippen LogP contribution is -2.37. The number of carbonyl (C=O) groups is 1. The second-order valence-corrected chi connectivity index (χ2v) is 11.0. The summed E-state index contributed by atoms with van der Waals surface area (Å²) in [6.07, 6.45) is 14.9. The molecule has 212 valence electrons. The van der Waals surface area contributed by atoms with E-state index >= 15 is 0 Å². The van der Waals surface area contributed by atoms with Crippen LogP contribution in [0.1, 0.15) is 80.1 Å². The Labute approximate surface area is 224 Å². The molecule has 1 aliphatic heterocycles. The first kappa shape index (κ1) is 33.3. The molecule has 0 saturated heterocycles. The van der Waals surface area contributed by atoms with Crippen LogP contribution in [0.2, 0.25) is 0 Å². The van der Waals surface area contributed by atoms with E-state index in [0.717, 1.165) is 25.7 Å². The second kappa shape index (κ2) is 17.7. The van der Waals surface area contributed by atoms with Crippen molar-refractivity contribution in [1.82, 2.24) is 0 Å². The van der Waals surface area contributed by atoms with E-state index in [0.29, 0.717) is 6.42 Å². The Bertz CT molecular complexity index is 757. The molecule has 0 aromatic heterocycles. The van der Waals surface area contributed by atoms with Crippen molar-refractivity contribution >= 4 is 5.97 Å². The summed E-state index contributed by atoms with van der Waals surface area (Å²) in [4.78, 5) is 12.6. The van der Waals surface area contributed by atoms with E-state index in [4.69, 9.17) is 4.74 Å². The Morgan fingerprint density at radius 2 is 1.62 bits per heavy atom. The van der Waals surface area contributed by atoms with Gasteiger partial charge in [0.05, 0.1) is 24.4 Å². The van der Waals surface area contributed by atoms with E-state index < -0.39 is 36.5 Å². The van der Waals surface area contributed by atoms with Gasteiger partial charge in [-0.25, -0.2) is 4.79 Å². The van der Waals surface area contributed by atoms with E-state index in [-0.39, 0.29) is 36.0 Å². The molecule has 1 heterocycles. The quantitative estimate of drug-likeness (QED) is 0.304. The van der Waals surface area contributed by atoms with Gasteiger partial charge in [-0.1, -0.05) is 96.9 Å². The molecular formula is C31H52O6. The molecule has 0 spiro atoms. The van der Waals surface area contributed by atoms with Gasteiger partial charge in [-0.05, 0) is 25.2 Å². The van der Waals surface area contributed by atoms with Crippen LogP contribution in [0.25, 0.3) is 0 Å². The van der Waals surface area contributed by atoms with Crippen LogP contribution < -0.4 is 0 Å². The number of carbonyl (C=O) groups excluding carboxylic acids is 1. The van der Waals surface area contributed by atoms with Crippen LogP contribution in [0.5, 0.6) is 0 Å². The summed E-state index contributed by atoms with van der Waals surface area (Å²) in [7, 11) is 0. The maximum absolute atomic E-state index is 12.6. The van der Waals surface area contributed by atoms with Gasteiger partial charge >= 0.3 is 5.97 Å². The van der Waals surface area contributed by atoms with Gasteiger partial charge in [0.25, 0.3) is 0 Å². The normalized spacial score (nSPS) is 39.6. The number of hydrogen-bond acceptors (Lipinski definition) is 6. The highest BCUT2D eigenvalue weighted by molar-refractivity contribution is 5.82. The lowest BCUT2D eigenvalue weighted by molar-refractivity contribution is -0.150. The van der Waals surface area contributed by atoms with Crippen LogP contribution in [0.3, 0.4) is 0 Å². The first-order valence-corrected chi connectivity index (χ1v) is 14.1. The Balaban J connectivity index is 3.09. The van der Waals surface area contributed by atoms with Crippen molar-refractivity contribution in [2.45, 2.75) is 111 Å². The fourth-order valence-electron chi connectivity index (χ4n) is 4.78. The molecule has 1 rings (SSSR count). The van der Waals surface area contributed by atoms with Crippen molar-refractivity contribution in [3.63, 3.8) is 0 Å². The van der Waals surface area contributed by atoms with Gasteiger partial charge in [-0.3, -0.25) is 0 Å². The van der Waals surface area contributed by atoms with Gasteiger partial charge in [-0.2, -0.15) is 0 Å². The fourth-order valence-corrected chi connectivity index (χ4v) is 4.78. The third kappa shape index (κ3) is 12.6. The monoisotopic (exact) mass is 520 g/mol. The van der Waals surface area contributed by atoms with Crippen LogP contribution in [0.4, 0.5) is 0 Å². The molecule has 0 aromatic rings. The van der Waals surface area contributed by atoms with Crippen molar-refractivity contribution < 1.29 is 30.0 Å². The predicted octanol–water partition coefficient (Wildman–Crippen LogP) is 5.12. The van der Waals surface area contributed by atoms with Crippen LogP contribution in [0, 0.1) is 29.6 Å². The number of aliphatic hydroxyl groups excluding tert-OH is 4. The molecule has 4 N–H and O–H groups in total. The summed E-state index contributed by atoms with van der Waals surface area (Å²) in [6, 6.07) is 0. The van der Waals surface area contributed by atoms with Gasteiger partial charge in [0.2, 0.25) is 0 Å². The minimum Gasteiger partial charge on any atom is -0.458 e. The third-order valence-corrected chi connectivity index (χ3v) is 7.59. The molecular weight excluding hydrogens is 468 g/mol. The lowest BCUT2D eigenvalue weighted by atomic mass is 9.85. The molecule has 1 aliphatic rings. The number of hydrogen-bond donors (Lipinski definition) is 4. The van der Waals surface area contributed by atoms with E-state index in [1.807, 2.05) is 59.8 Å². The minimum absolute atomic E-state index is 0.0469. The van der Waals surface area contributed by atoms with E-state index in [9.17, 15) is 25.2 Å². The molecule has 6 heteroatoms. The maximum Gasteiger partial charge on any atom is 0.331 e. The van der Waals surface area contributed by atoms with Crippen molar-refractivity contribution in [2.75, 3.05) is 0 Å². The third-order valence-electron chi connectivity index (χ3n) is 7.59. The number of esters is 1. The first-order chi connectivity index (χ1) is 17.5. The average molecular weight is 521 g/mol. The molecule has 0 fully saturated rings. The molecule has 6 nitrogen and oxygen atoms in total. The summed E-state index contributed by atoms with van der Waals surface area (Å²) >= 11 is 0. The smallest absolute Gasteiger partial charge is 0.331 e. The zero-order chi connectivity index (χ0) is 28.0. The van der Waals surface area contributed by atoms with Crippen LogP contribution in [-0.4, -0.2) is 56.9 Å². The number of cyclic esters (lactones) is 1. The average Bonchev–Trinajstić information content (AvgIpc) is 2.87. The lowest BCUT2D eigenvalue weighted by Gasteiger charge is -2.31. The molecule has 0 amide bonds. The van der Waals surface area contributed by atoms with Gasteiger partial charge in [0.15, 0.2) is 0 Å². The number of aliphatic hydroxyl groups is 4. The Kier molecular flexibility index (Phi) is 15.9. The zero-order valence-electron chi connectivity index (χ0n) is 23.7. The molecule has 0 aliphatic carbocycles. The van der Waals surface area contributed by atoms with Crippen molar-refractivity contribution in [3.8, 4) is 0 Å². The summed E-state index contributed by atoms with van der Waals surface area (Å²) < 4.78 is 5.82. The molecule has 0 aromatic carbocycles. The van der Waals surface area contributed by atoms with Gasteiger partial charge in [0, 0.05) is 36.2 Å². The maximum atomic E-state index is 12.6. The largest absolute Gasteiger partial charge is 0.458 e. The Hall–Kier alpha value is -1.73. The molecule has 0 bridgehead atoms. The van der Waals surface area contributed by atoms with Gasteiger partial charge in [0.1, 0.15) is 6.10 Å². The van der Waals surface area contributed by atoms with Crippen molar-refractivity contribution in [1.29, 1.82) is 0 Å². The van der Waals surface area contributed by atoms with Crippen LogP contribution >= 0.6 is 0 Å². The van der Waals surface area contributed by atoms with E-state index in [1.54, 1.807) is 24.3 Å². The summed E-state index contributed by atoms with van der Waals surface area (Å²) in [5.74, 6) is -1.04. The number of rotatable bonds is 3. The highest BCUT2D eigenvalue weighted by Gasteiger charge is 2.30. The van der Waals surface area contributed by atoms with E-state index in [1.165, 1.54) is 6.08 Å². The van der Waals surface area contributed by atoms with Crippen LogP contribution in [0.15, 0.2) is 48.6 Å². The minimum atomic E-state index is -0.816. The van der Waals surface area contributed by atoms with Crippen molar-refractivity contribution in [2.24, 2.45) is 29.6 Å². The highest BCUT2D eigenvalue weighted by Crippen LogP contribution is 2.26. The SMILES string of the molecule is CC/C=C\[C@H](C)[C@@H]1OC(=O)/C=C\C=C\[C@@H](C)[C@@H](O)CC(O)/C=C\[C@H](C)[C@H](O)[C@@H](C)CCCC[C@@H](O)[C@@H]1C. The highest BCUT2D eigenvalue weighted by atomic mass is 16.5. The summed E-state index contributed by atoms with van der Waals surface area (Å²) in [6.45, 7) is 11.8. The molecule has 0 radical (unpaired) electrons. The van der Waals surface area contributed by atoms with E-state index in [2.05, 4.69) is 0 Å². The molecule has 10 atom stereocenters. The molecule has 0 saturated carbocycles. The molecule has 37 heavy (non-hydrogen) atoms. The first-order valence-electron chi connectivity index (χ1n) is 14.1. The zero-order valence-corrected chi connectivity index (χ0v) is 23.7. The van der Waals surface area contributed by atoms with Crippen molar-refractivity contribution in [3.05, 3.63) is 48.6 Å². The summed E-state index contributed by atoms with van der Waals surface area (Å²) in [5, 5.41) is 42.4. The number of allylic oxidation sites excluding steroid dienone is 3. The Morgan fingerprint density at radius 1 is 0.946 bits per heavy atom. The fraction of sp³-hybridized carbons (Fsp3) is 0.710. The number of ether oxygens (including phenoxy) is 1. The van der Waals surface area contributed by atoms with Gasteiger partial charge < -0.3 is 25.2 Å². The standard InChI is InChI=1S/C31H52O6/c1-7-8-13-24(5)31-25(6)27(33)16-11-9-15-22(3)30(36)23(4)18-19-26(32)20-28(34)21(2)14-10-12-17-29(35)37-31/h8,10,12-14,17-19,21-28,30-34,36H,7,9,11,15-16,20H2,1-6H3/b13-8-,14-10+,17-12-,19-18-/t21-,22+,23+,24+,25+,26?,27-,28+,30-,31+/m1/s1. The Morgan fingerprint density at radius 3 is 2.30 bits per heavy atom. The predicted molar refractivity (Wildman–Crippen MR) is 150 cm³/mol. The van der Waals surface area contributed by atoms with Crippen LogP contribution in [-0.2, 0) is 9.53 Å².